The Morgan fingerprint density at radius 2 is 1.85 bits per heavy atom. The molecule has 0 saturated heterocycles. The Morgan fingerprint density at radius 1 is 1.10 bits per heavy atom. The molecule has 1 aromatic heterocycles. The third kappa shape index (κ3) is 3.29. The largest absolute Gasteiger partial charge is 0.306 e. The van der Waals surface area contributed by atoms with E-state index in [9.17, 15) is 0 Å². The lowest BCUT2D eigenvalue weighted by Gasteiger charge is -2.21. The van der Waals surface area contributed by atoms with Crippen molar-refractivity contribution in [3.63, 3.8) is 0 Å². The molecule has 2 aromatic rings. The number of aryl methyl sites for hydroxylation is 2. The molecule has 0 radical (unpaired) electrons. The van der Waals surface area contributed by atoms with E-state index in [2.05, 4.69) is 22.4 Å². The summed E-state index contributed by atoms with van der Waals surface area (Å²) in [5.41, 5.74) is 3.80. The summed E-state index contributed by atoms with van der Waals surface area (Å²) >= 11 is 12.4. The maximum absolute atomic E-state index is 6.33. The molecule has 1 unspecified atom stereocenters. The Kier molecular flexibility index (Phi) is 4.97. The van der Waals surface area contributed by atoms with Gasteiger partial charge >= 0.3 is 0 Å². The van der Waals surface area contributed by atoms with Crippen molar-refractivity contribution in [2.24, 2.45) is 0 Å². The SMILES string of the molecule is CCNC(c1cc(Cl)ccc1Cl)c1cc(C)nnc1C. The van der Waals surface area contributed by atoms with Crippen LogP contribution in [0.1, 0.15) is 35.5 Å². The number of hydrogen-bond acceptors (Lipinski definition) is 3. The average molecular weight is 310 g/mol. The summed E-state index contributed by atoms with van der Waals surface area (Å²) < 4.78 is 0. The first-order chi connectivity index (χ1) is 9.52. The van der Waals surface area contributed by atoms with Gasteiger partial charge in [0.05, 0.1) is 17.4 Å². The first kappa shape index (κ1) is 15.2. The number of hydrogen-bond donors (Lipinski definition) is 1. The summed E-state index contributed by atoms with van der Waals surface area (Å²) in [6, 6.07) is 7.50. The fourth-order valence-electron chi connectivity index (χ4n) is 2.19. The van der Waals surface area contributed by atoms with E-state index in [1.165, 1.54) is 0 Å². The highest BCUT2D eigenvalue weighted by atomic mass is 35.5. The molecule has 0 aliphatic rings. The highest BCUT2D eigenvalue weighted by Crippen LogP contribution is 2.31. The van der Waals surface area contributed by atoms with E-state index < -0.39 is 0 Å². The maximum Gasteiger partial charge on any atom is 0.0651 e. The van der Waals surface area contributed by atoms with Crippen molar-refractivity contribution < 1.29 is 0 Å². The van der Waals surface area contributed by atoms with Crippen LogP contribution in [0.15, 0.2) is 24.3 Å². The number of nitrogens with one attached hydrogen (secondary N) is 1. The van der Waals surface area contributed by atoms with Gasteiger partial charge in [0, 0.05) is 10.0 Å². The van der Waals surface area contributed by atoms with Gasteiger partial charge in [0.25, 0.3) is 0 Å². The molecule has 3 nitrogen and oxygen atoms in total. The van der Waals surface area contributed by atoms with Crippen molar-refractivity contribution in [2.75, 3.05) is 6.54 Å². The van der Waals surface area contributed by atoms with Crippen molar-refractivity contribution in [3.8, 4) is 0 Å². The number of aromatic nitrogens is 2. The molecule has 2 rings (SSSR count). The minimum Gasteiger partial charge on any atom is -0.306 e. The zero-order valence-electron chi connectivity index (χ0n) is 11.7. The standard InChI is InChI=1S/C15H17Cl2N3/c1-4-18-15(12-7-9(2)19-20-10(12)3)13-8-11(16)5-6-14(13)17/h5-8,15,18H,4H2,1-3H3. The lowest BCUT2D eigenvalue weighted by molar-refractivity contribution is 0.620. The van der Waals surface area contributed by atoms with E-state index in [-0.39, 0.29) is 6.04 Å². The van der Waals surface area contributed by atoms with E-state index >= 15 is 0 Å². The molecular formula is C15H17Cl2N3. The van der Waals surface area contributed by atoms with E-state index in [4.69, 9.17) is 23.2 Å². The molecule has 1 aromatic carbocycles. The fourth-order valence-corrected chi connectivity index (χ4v) is 2.60. The average Bonchev–Trinajstić information content (AvgIpc) is 2.42. The molecule has 0 fully saturated rings. The summed E-state index contributed by atoms with van der Waals surface area (Å²) in [4.78, 5) is 0. The molecular weight excluding hydrogens is 293 g/mol. The molecule has 0 aliphatic heterocycles. The molecule has 0 aliphatic carbocycles. The molecule has 1 N–H and O–H groups in total. The second kappa shape index (κ2) is 6.53. The van der Waals surface area contributed by atoms with Gasteiger partial charge in [0.15, 0.2) is 0 Å². The van der Waals surface area contributed by atoms with Crippen molar-refractivity contribution >= 4 is 23.2 Å². The molecule has 5 heteroatoms. The van der Waals surface area contributed by atoms with Crippen LogP contribution < -0.4 is 5.32 Å². The Morgan fingerprint density at radius 3 is 2.55 bits per heavy atom. The highest BCUT2D eigenvalue weighted by Gasteiger charge is 2.19. The van der Waals surface area contributed by atoms with Crippen molar-refractivity contribution in [2.45, 2.75) is 26.8 Å². The number of benzene rings is 1. The van der Waals surface area contributed by atoms with E-state index in [1.807, 2.05) is 32.0 Å². The van der Waals surface area contributed by atoms with Crippen LogP contribution >= 0.6 is 23.2 Å². The van der Waals surface area contributed by atoms with Gasteiger partial charge in [-0.1, -0.05) is 30.1 Å². The summed E-state index contributed by atoms with van der Waals surface area (Å²) in [5, 5.41) is 13.1. The molecule has 20 heavy (non-hydrogen) atoms. The number of rotatable bonds is 4. The van der Waals surface area contributed by atoms with Gasteiger partial charge in [-0.25, -0.2) is 0 Å². The fraction of sp³-hybridized carbons (Fsp3) is 0.333. The normalized spacial score (nSPS) is 12.4. The summed E-state index contributed by atoms with van der Waals surface area (Å²) in [5.74, 6) is 0. The predicted octanol–water partition coefficient (Wildman–Crippen LogP) is 4.10. The van der Waals surface area contributed by atoms with Crippen LogP contribution in [-0.4, -0.2) is 16.7 Å². The Hall–Kier alpha value is -1.16. The number of nitrogens with zero attached hydrogens (tertiary/aromatic N) is 2. The quantitative estimate of drug-likeness (QED) is 0.924. The summed E-state index contributed by atoms with van der Waals surface area (Å²) in [6.07, 6.45) is 0. The lowest BCUT2D eigenvalue weighted by Crippen LogP contribution is -2.24. The topological polar surface area (TPSA) is 37.8 Å². The van der Waals surface area contributed by atoms with Crippen molar-refractivity contribution in [3.05, 3.63) is 56.8 Å². The van der Waals surface area contributed by atoms with Crippen molar-refractivity contribution in [1.29, 1.82) is 0 Å². The third-order valence-corrected chi connectivity index (χ3v) is 3.71. The van der Waals surface area contributed by atoms with Gasteiger partial charge in [-0.15, -0.1) is 0 Å². The predicted molar refractivity (Wildman–Crippen MR) is 83.5 cm³/mol. The van der Waals surface area contributed by atoms with Crippen LogP contribution in [0.2, 0.25) is 10.0 Å². The van der Waals surface area contributed by atoms with Crippen LogP contribution in [0.5, 0.6) is 0 Å². The Balaban J connectivity index is 2.55. The maximum atomic E-state index is 6.33. The highest BCUT2D eigenvalue weighted by molar-refractivity contribution is 6.33. The second-order valence-corrected chi connectivity index (χ2v) is 5.53. The molecule has 1 heterocycles. The number of halogens is 2. The van der Waals surface area contributed by atoms with E-state index in [0.717, 1.165) is 29.1 Å². The first-order valence-corrected chi connectivity index (χ1v) is 7.27. The minimum atomic E-state index is -0.0413. The van der Waals surface area contributed by atoms with Gasteiger partial charge < -0.3 is 5.32 Å². The van der Waals surface area contributed by atoms with Crippen LogP contribution in [0.25, 0.3) is 0 Å². The Bertz CT molecular complexity index is 563. The summed E-state index contributed by atoms with van der Waals surface area (Å²) in [6.45, 7) is 6.75. The van der Waals surface area contributed by atoms with Gasteiger partial charge in [-0.05, 0) is 55.8 Å². The Labute approximate surface area is 129 Å². The minimum absolute atomic E-state index is 0.0413. The molecule has 0 bridgehead atoms. The van der Waals surface area contributed by atoms with Gasteiger partial charge in [0.1, 0.15) is 0 Å². The second-order valence-electron chi connectivity index (χ2n) is 4.68. The van der Waals surface area contributed by atoms with Crippen LogP contribution in [-0.2, 0) is 0 Å². The van der Waals surface area contributed by atoms with Gasteiger partial charge in [0.2, 0.25) is 0 Å². The molecule has 0 spiro atoms. The molecule has 0 amide bonds. The summed E-state index contributed by atoms with van der Waals surface area (Å²) in [7, 11) is 0. The smallest absolute Gasteiger partial charge is 0.0651 e. The zero-order valence-corrected chi connectivity index (χ0v) is 13.3. The molecule has 0 saturated carbocycles. The van der Waals surface area contributed by atoms with Gasteiger partial charge in [-0.2, -0.15) is 10.2 Å². The van der Waals surface area contributed by atoms with Gasteiger partial charge in [-0.3, -0.25) is 0 Å². The lowest BCUT2D eigenvalue weighted by atomic mass is 9.97. The molecule has 106 valence electrons. The van der Waals surface area contributed by atoms with Crippen molar-refractivity contribution in [1.82, 2.24) is 15.5 Å². The first-order valence-electron chi connectivity index (χ1n) is 6.52. The van der Waals surface area contributed by atoms with E-state index in [1.54, 1.807) is 6.07 Å². The third-order valence-electron chi connectivity index (χ3n) is 3.13. The zero-order chi connectivity index (χ0) is 14.7. The van der Waals surface area contributed by atoms with Crippen LogP contribution in [0, 0.1) is 13.8 Å². The monoisotopic (exact) mass is 309 g/mol. The van der Waals surface area contributed by atoms with Crippen LogP contribution in [0.4, 0.5) is 0 Å². The van der Waals surface area contributed by atoms with E-state index in [0.29, 0.717) is 10.0 Å². The van der Waals surface area contributed by atoms with Crippen LogP contribution in [0.3, 0.4) is 0 Å². The molecule has 1 atom stereocenters.